The highest BCUT2D eigenvalue weighted by Crippen LogP contribution is 2.57. The molecule has 0 aliphatic rings. The minimum absolute atomic E-state index is 1.07. The van der Waals surface area contributed by atoms with E-state index >= 15 is 0 Å². The lowest BCUT2D eigenvalue weighted by Gasteiger charge is -2.41. The van der Waals surface area contributed by atoms with Crippen molar-refractivity contribution in [2.24, 2.45) is 4.74 Å². The molecule has 0 aliphatic heterocycles. The lowest BCUT2D eigenvalue weighted by molar-refractivity contribution is 0.474. The summed E-state index contributed by atoms with van der Waals surface area (Å²) in [6, 6.07) is 8.28. The van der Waals surface area contributed by atoms with Crippen LogP contribution in [0.2, 0.25) is 0 Å². The molecule has 0 unspecified atom stereocenters. The van der Waals surface area contributed by atoms with Crippen LogP contribution in [-0.2, 0) is 0 Å². The van der Waals surface area contributed by atoms with E-state index in [-0.39, 0.29) is 0 Å². The van der Waals surface area contributed by atoms with Gasteiger partial charge in [-0.1, -0.05) is 18.2 Å². The predicted molar refractivity (Wildman–Crippen MR) is 81.2 cm³/mol. The monoisotopic (exact) mass is 268 g/mol. The topological polar surface area (TPSA) is 22.1 Å². The summed E-state index contributed by atoms with van der Waals surface area (Å²) in [6.07, 6.45) is 0. The second kappa shape index (κ2) is 5.98. The second-order valence-corrected chi connectivity index (χ2v) is 8.64. The van der Waals surface area contributed by atoms with E-state index in [0.717, 1.165) is 5.69 Å². The Morgan fingerprint density at radius 1 is 0.833 bits per heavy atom. The molecule has 4 nitrogen and oxygen atoms in total. The summed E-state index contributed by atoms with van der Waals surface area (Å²) in [5, 5.41) is 0. The summed E-state index contributed by atoms with van der Waals surface area (Å²) in [7, 11) is 10.7. The van der Waals surface area contributed by atoms with Crippen LogP contribution in [0.1, 0.15) is 5.56 Å². The molecule has 1 aromatic carbocycles. The average molecular weight is 268 g/mol. The molecule has 0 aromatic heterocycles. The van der Waals surface area contributed by atoms with Crippen molar-refractivity contribution in [1.82, 2.24) is 14.0 Å². The molecule has 0 atom stereocenters. The molecule has 0 fully saturated rings. The van der Waals surface area contributed by atoms with E-state index in [1.165, 1.54) is 5.56 Å². The van der Waals surface area contributed by atoms with E-state index in [9.17, 15) is 0 Å². The van der Waals surface area contributed by atoms with Gasteiger partial charge in [-0.3, -0.25) is 14.0 Å². The normalized spacial score (nSPS) is 12.6. The van der Waals surface area contributed by atoms with Crippen LogP contribution in [0.4, 0.5) is 5.69 Å². The number of rotatable bonds is 4. The quantitative estimate of drug-likeness (QED) is 0.783. The predicted octanol–water partition coefficient (Wildman–Crippen LogP) is 3.26. The van der Waals surface area contributed by atoms with E-state index in [1.807, 2.05) is 6.07 Å². The zero-order chi connectivity index (χ0) is 13.9. The summed E-state index contributed by atoms with van der Waals surface area (Å²) < 4.78 is 11.7. The summed E-state index contributed by atoms with van der Waals surface area (Å²) in [4.78, 5) is 0. The molecule has 0 amide bonds. The second-order valence-electron chi connectivity index (χ2n) is 4.96. The Morgan fingerprint density at radius 3 is 1.67 bits per heavy atom. The fraction of sp³-hybridized carbons (Fsp3) is 0.538. The molecule has 5 heteroatoms. The van der Waals surface area contributed by atoms with Crippen LogP contribution >= 0.6 is 7.51 Å². The molecule has 0 saturated carbocycles. The smallest absolute Gasteiger partial charge is 0.171 e. The van der Waals surface area contributed by atoms with Crippen molar-refractivity contribution >= 4 is 13.2 Å². The van der Waals surface area contributed by atoms with Crippen molar-refractivity contribution in [3.8, 4) is 0 Å². The van der Waals surface area contributed by atoms with Crippen LogP contribution in [-0.4, -0.2) is 56.3 Å². The number of benzene rings is 1. The van der Waals surface area contributed by atoms with E-state index in [0.29, 0.717) is 0 Å². The molecule has 0 saturated heterocycles. The third-order valence-corrected chi connectivity index (χ3v) is 6.67. The Bertz CT molecular complexity index is 424. The zero-order valence-corrected chi connectivity index (χ0v) is 13.4. The molecule has 0 radical (unpaired) electrons. The van der Waals surface area contributed by atoms with Gasteiger partial charge < -0.3 is 0 Å². The average Bonchev–Trinajstić information content (AvgIpc) is 2.26. The number of aryl methyl sites for hydroxylation is 1. The summed E-state index contributed by atoms with van der Waals surface area (Å²) in [5.74, 6) is 0. The molecule has 0 heterocycles. The maximum Gasteiger partial charge on any atom is 0.171 e. The van der Waals surface area contributed by atoms with Gasteiger partial charge in [0.25, 0.3) is 0 Å². The Hall–Kier alpha value is -0.670. The number of hydrogen-bond acceptors (Lipinski definition) is 1. The van der Waals surface area contributed by atoms with Gasteiger partial charge in [0.1, 0.15) is 0 Å². The van der Waals surface area contributed by atoms with Crippen LogP contribution in [0.3, 0.4) is 0 Å². The minimum atomic E-state index is -1.84. The van der Waals surface area contributed by atoms with Gasteiger partial charge in [-0.15, -0.1) is 0 Å². The van der Waals surface area contributed by atoms with E-state index in [4.69, 9.17) is 4.74 Å². The molecule has 1 rings (SSSR count). The van der Waals surface area contributed by atoms with Crippen LogP contribution in [0, 0.1) is 6.92 Å². The summed E-state index contributed by atoms with van der Waals surface area (Å²) in [6.45, 7) is 2.11. The molecule has 0 spiro atoms. The number of nitrogens with zero attached hydrogens (tertiary/aromatic N) is 4. The van der Waals surface area contributed by atoms with Crippen molar-refractivity contribution in [2.75, 3.05) is 42.3 Å². The van der Waals surface area contributed by atoms with Gasteiger partial charge in [-0.2, -0.15) is 0 Å². The number of hydrogen-bond donors (Lipinski definition) is 0. The molecule has 1 aromatic rings. The molecular weight excluding hydrogens is 243 g/mol. The molecule has 102 valence electrons. The molecule has 18 heavy (non-hydrogen) atoms. The first-order valence-corrected chi connectivity index (χ1v) is 7.63. The van der Waals surface area contributed by atoms with Crippen LogP contribution in [0.5, 0.6) is 0 Å². The van der Waals surface area contributed by atoms with E-state index in [2.05, 4.69) is 81.4 Å². The summed E-state index contributed by atoms with van der Waals surface area (Å²) in [5.41, 5.74) is 2.29. The van der Waals surface area contributed by atoms with Crippen LogP contribution < -0.4 is 0 Å². The van der Waals surface area contributed by atoms with Gasteiger partial charge in [-0.05, 0) is 60.8 Å². The van der Waals surface area contributed by atoms with E-state index in [1.54, 1.807) is 0 Å². The molecule has 0 aliphatic carbocycles. The lowest BCUT2D eigenvalue weighted by atomic mass is 10.2. The Morgan fingerprint density at radius 2 is 1.28 bits per heavy atom. The highest BCUT2D eigenvalue weighted by atomic mass is 31.2. The van der Waals surface area contributed by atoms with Gasteiger partial charge in [0.15, 0.2) is 7.51 Å². The Kier molecular flexibility index (Phi) is 5.11. The van der Waals surface area contributed by atoms with Crippen molar-refractivity contribution < 1.29 is 0 Å². The maximum absolute atomic E-state index is 5.08. The maximum atomic E-state index is 5.08. The Labute approximate surface area is 111 Å². The van der Waals surface area contributed by atoms with Crippen molar-refractivity contribution in [3.05, 3.63) is 29.8 Å². The first-order chi connectivity index (χ1) is 8.32. The fourth-order valence-corrected chi connectivity index (χ4v) is 5.36. The van der Waals surface area contributed by atoms with Gasteiger partial charge in [0.2, 0.25) is 0 Å². The molecular formula is C13H25N4P. The lowest BCUT2D eigenvalue weighted by Crippen LogP contribution is -2.30. The molecule has 0 bridgehead atoms. The SMILES string of the molecule is Cc1ccccc1N=P(N(C)C)(N(C)C)N(C)C. The Balaban J connectivity index is 3.49. The third kappa shape index (κ3) is 2.83. The van der Waals surface area contributed by atoms with Crippen LogP contribution in [0.25, 0.3) is 0 Å². The first-order valence-electron chi connectivity index (χ1n) is 6.03. The standard InChI is InChI=1S/C13H25N4P/c1-12-10-8-9-11-13(12)14-18(15(2)3,16(4)5)17(6)7/h8-11H,1-7H3. The van der Waals surface area contributed by atoms with E-state index < -0.39 is 7.51 Å². The van der Waals surface area contributed by atoms with Crippen LogP contribution in [0.15, 0.2) is 29.0 Å². The third-order valence-electron chi connectivity index (χ3n) is 2.97. The van der Waals surface area contributed by atoms with Crippen molar-refractivity contribution in [1.29, 1.82) is 0 Å². The van der Waals surface area contributed by atoms with Gasteiger partial charge in [0, 0.05) is 0 Å². The van der Waals surface area contributed by atoms with Gasteiger partial charge in [-0.25, -0.2) is 4.74 Å². The highest BCUT2D eigenvalue weighted by molar-refractivity contribution is 7.59. The minimum Gasteiger partial charge on any atom is -0.252 e. The van der Waals surface area contributed by atoms with Gasteiger partial charge >= 0.3 is 0 Å². The van der Waals surface area contributed by atoms with Crippen molar-refractivity contribution in [3.63, 3.8) is 0 Å². The largest absolute Gasteiger partial charge is 0.252 e. The van der Waals surface area contributed by atoms with Gasteiger partial charge in [0.05, 0.1) is 5.69 Å². The zero-order valence-electron chi connectivity index (χ0n) is 12.5. The molecule has 0 N–H and O–H groups in total. The first kappa shape index (κ1) is 15.4. The highest BCUT2D eigenvalue weighted by Gasteiger charge is 2.28. The fourth-order valence-electron chi connectivity index (χ4n) is 2.16. The van der Waals surface area contributed by atoms with Crippen molar-refractivity contribution in [2.45, 2.75) is 6.92 Å². The summed E-state index contributed by atoms with van der Waals surface area (Å²) >= 11 is 0.